The number of carbonyl (C=O) groups excluding carboxylic acids is 2. The van der Waals surface area contributed by atoms with Gasteiger partial charge >= 0.3 is 0 Å². The molecule has 8 nitrogen and oxygen atoms in total. The minimum absolute atomic E-state index is 0.0345. The second kappa shape index (κ2) is 8.37. The Labute approximate surface area is 170 Å². The normalized spacial score (nSPS) is 22.1. The van der Waals surface area contributed by atoms with Gasteiger partial charge < -0.3 is 14.5 Å². The van der Waals surface area contributed by atoms with E-state index in [0.29, 0.717) is 45.6 Å². The quantitative estimate of drug-likeness (QED) is 0.684. The van der Waals surface area contributed by atoms with Crippen LogP contribution in [0, 0.1) is 18.2 Å². The molecule has 2 aliphatic rings. The molecule has 1 spiro atoms. The summed E-state index contributed by atoms with van der Waals surface area (Å²) in [6.45, 7) is 3.41. The molecule has 1 aromatic rings. The number of aryl methyl sites for hydroxylation is 1. The minimum atomic E-state index is -3.93. The number of sulfonamides is 1. The Bertz CT molecular complexity index is 907. The largest absolute Gasteiger partial charge is 0.383 e. The highest BCUT2D eigenvalue weighted by Gasteiger charge is 2.51. The Kier molecular flexibility index (Phi) is 6.25. The maximum Gasteiger partial charge on any atom is 0.241 e. The molecule has 0 bridgehead atoms. The van der Waals surface area contributed by atoms with Gasteiger partial charge in [-0.05, 0) is 43.5 Å². The van der Waals surface area contributed by atoms with Crippen LogP contribution in [0.15, 0.2) is 23.1 Å². The fraction of sp³-hybridized carbons (Fsp3) is 0.579. The van der Waals surface area contributed by atoms with E-state index < -0.39 is 27.8 Å². The SMILES string of the molecule is COCCN1CCC2(CCN(C(=O)CNS(=O)(=O)c3ccc(F)c(C)c3)C2)C1=O. The van der Waals surface area contributed by atoms with E-state index in [0.717, 1.165) is 12.1 Å². The lowest BCUT2D eigenvalue weighted by atomic mass is 9.85. The van der Waals surface area contributed by atoms with Gasteiger partial charge in [-0.2, -0.15) is 0 Å². The highest BCUT2D eigenvalue weighted by Crippen LogP contribution is 2.40. The Morgan fingerprint density at radius 1 is 1.31 bits per heavy atom. The molecule has 0 radical (unpaired) electrons. The van der Waals surface area contributed by atoms with Crippen molar-refractivity contribution < 1.29 is 27.1 Å². The van der Waals surface area contributed by atoms with Crippen molar-refractivity contribution in [3.63, 3.8) is 0 Å². The van der Waals surface area contributed by atoms with Crippen LogP contribution in [-0.4, -0.2) is 76.5 Å². The standard InChI is InChI=1S/C19H26FN3O5S/c1-14-11-15(3-4-16(14)20)29(26,27)21-12-17(24)23-8-6-19(13-23)5-7-22(18(19)25)9-10-28-2/h3-4,11,21H,5-10,12-13H2,1-2H3. The Hall–Kier alpha value is -2.04. The average Bonchev–Trinajstić information content (AvgIpc) is 3.26. The molecule has 2 amide bonds. The number of hydrogen-bond donors (Lipinski definition) is 1. The zero-order chi connectivity index (χ0) is 21.2. The highest BCUT2D eigenvalue weighted by molar-refractivity contribution is 7.89. The van der Waals surface area contributed by atoms with Crippen molar-refractivity contribution >= 4 is 21.8 Å². The van der Waals surface area contributed by atoms with Gasteiger partial charge in [0.1, 0.15) is 5.82 Å². The molecule has 29 heavy (non-hydrogen) atoms. The lowest BCUT2D eigenvalue weighted by molar-refractivity contribution is -0.136. The van der Waals surface area contributed by atoms with E-state index in [1.807, 2.05) is 0 Å². The van der Waals surface area contributed by atoms with Crippen molar-refractivity contribution in [2.45, 2.75) is 24.7 Å². The van der Waals surface area contributed by atoms with Gasteiger partial charge in [-0.3, -0.25) is 9.59 Å². The van der Waals surface area contributed by atoms with Gasteiger partial charge in [0.25, 0.3) is 0 Å². The predicted molar refractivity (Wildman–Crippen MR) is 103 cm³/mol. The third-order valence-corrected chi connectivity index (χ3v) is 7.13. The minimum Gasteiger partial charge on any atom is -0.383 e. The summed E-state index contributed by atoms with van der Waals surface area (Å²) in [4.78, 5) is 28.5. The van der Waals surface area contributed by atoms with Gasteiger partial charge in [0.05, 0.1) is 23.5 Å². The van der Waals surface area contributed by atoms with Crippen molar-refractivity contribution in [1.82, 2.24) is 14.5 Å². The zero-order valence-electron chi connectivity index (χ0n) is 16.6. The molecule has 0 aromatic heterocycles. The number of methoxy groups -OCH3 is 1. The molecule has 1 atom stereocenters. The highest BCUT2D eigenvalue weighted by atomic mass is 32.2. The molecule has 160 valence electrons. The third-order valence-electron chi connectivity index (χ3n) is 5.73. The first kappa shape index (κ1) is 21.7. The molecule has 0 saturated carbocycles. The van der Waals surface area contributed by atoms with Crippen molar-refractivity contribution in [2.24, 2.45) is 5.41 Å². The summed E-state index contributed by atoms with van der Waals surface area (Å²) in [5.74, 6) is -0.845. The lowest BCUT2D eigenvalue weighted by Gasteiger charge is -2.23. The molecular weight excluding hydrogens is 401 g/mol. The van der Waals surface area contributed by atoms with Crippen molar-refractivity contribution in [2.75, 3.05) is 46.4 Å². The number of benzene rings is 1. The van der Waals surface area contributed by atoms with E-state index in [2.05, 4.69) is 4.72 Å². The maximum absolute atomic E-state index is 13.4. The number of nitrogens with zero attached hydrogens (tertiary/aromatic N) is 2. The molecule has 0 aliphatic carbocycles. The fourth-order valence-electron chi connectivity index (χ4n) is 3.91. The summed E-state index contributed by atoms with van der Waals surface area (Å²) in [5, 5.41) is 0. The van der Waals surface area contributed by atoms with Crippen LogP contribution in [0.1, 0.15) is 18.4 Å². The molecule has 1 N–H and O–H groups in total. The number of amides is 2. The molecule has 10 heteroatoms. The molecule has 2 heterocycles. The van der Waals surface area contributed by atoms with Gasteiger partial charge in [0.2, 0.25) is 21.8 Å². The van der Waals surface area contributed by atoms with Crippen LogP contribution in [0.5, 0.6) is 0 Å². The van der Waals surface area contributed by atoms with E-state index in [9.17, 15) is 22.4 Å². The summed E-state index contributed by atoms with van der Waals surface area (Å²) in [7, 11) is -2.35. The van der Waals surface area contributed by atoms with Crippen LogP contribution in [0.25, 0.3) is 0 Å². The topological polar surface area (TPSA) is 96.0 Å². The molecule has 2 aliphatic heterocycles. The van der Waals surface area contributed by atoms with E-state index in [4.69, 9.17) is 4.74 Å². The molecule has 1 unspecified atom stereocenters. The lowest BCUT2D eigenvalue weighted by Crippen LogP contribution is -2.42. The van der Waals surface area contributed by atoms with E-state index in [-0.39, 0.29) is 22.3 Å². The summed E-state index contributed by atoms with van der Waals surface area (Å²) >= 11 is 0. The summed E-state index contributed by atoms with van der Waals surface area (Å²) in [6, 6.07) is 3.46. The van der Waals surface area contributed by atoms with Gasteiger partial charge in [-0.15, -0.1) is 0 Å². The van der Waals surface area contributed by atoms with Crippen LogP contribution in [-0.2, 0) is 24.3 Å². The Morgan fingerprint density at radius 2 is 2.03 bits per heavy atom. The number of carbonyl (C=O) groups is 2. The smallest absolute Gasteiger partial charge is 0.241 e. The average molecular weight is 427 g/mol. The Morgan fingerprint density at radius 3 is 2.72 bits per heavy atom. The fourth-order valence-corrected chi connectivity index (χ4v) is 4.97. The monoisotopic (exact) mass is 427 g/mol. The van der Waals surface area contributed by atoms with Crippen molar-refractivity contribution in [1.29, 1.82) is 0 Å². The maximum atomic E-state index is 13.4. The van der Waals surface area contributed by atoms with Gasteiger partial charge in [-0.1, -0.05) is 0 Å². The van der Waals surface area contributed by atoms with Crippen LogP contribution in [0.4, 0.5) is 4.39 Å². The number of ether oxygens (including phenoxy) is 1. The summed E-state index contributed by atoms with van der Waals surface area (Å²) < 4.78 is 45.4. The number of hydrogen-bond acceptors (Lipinski definition) is 5. The van der Waals surface area contributed by atoms with Gasteiger partial charge in [0.15, 0.2) is 0 Å². The van der Waals surface area contributed by atoms with E-state index >= 15 is 0 Å². The second-order valence-electron chi connectivity index (χ2n) is 7.62. The summed E-state index contributed by atoms with van der Waals surface area (Å²) in [6.07, 6.45) is 1.25. The predicted octanol–water partition coefficient (Wildman–Crippen LogP) is 0.510. The van der Waals surface area contributed by atoms with E-state index in [1.165, 1.54) is 17.9 Å². The van der Waals surface area contributed by atoms with Crippen molar-refractivity contribution in [3.05, 3.63) is 29.6 Å². The molecule has 2 fully saturated rings. The number of likely N-dealkylation sites (tertiary alicyclic amines) is 2. The first-order chi connectivity index (χ1) is 13.7. The van der Waals surface area contributed by atoms with E-state index in [1.54, 1.807) is 12.0 Å². The molecule has 3 rings (SSSR count). The van der Waals surface area contributed by atoms with Gasteiger partial charge in [0, 0.05) is 33.3 Å². The van der Waals surface area contributed by atoms with Gasteiger partial charge in [-0.25, -0.2) is 17.5 Å². The first-order valence-electron chi connectivity index (χ1n) is 9.50. The molecule has 1 aromatic carbocycles. The van der Waals surface area contributed by atoms with Crippen LogP contribution in [0.3, 0.4) is 0 Å². The molecular formula is C19H26FN3O5S. The molecule has 2 saturated heterocycles. The van der Waals surface area contributed by atoms with Crippen LogP contribution in [0.2, 0.25) is 0 Å². The number of nitrogens with one attached hydrogen (secondary N) is 1. The second-order valence-corrected chi connectivity index (χ2v) is 9.38. The van der Waals surface area contributed by atoms with Crippen LogP contribution < -0.4 is 4.72 Å². The zero-order valence-corrected chi connectivity index (χ0v) is 17.4. The van der Waals surface area contributed by atoms with Crippen LogP contribution >= 0.6 is 0 Å². The third kappa shape index (κ3) is 4.44. The van der Waals surface area contributed by atoms with Crippen molar-refractivity contribution in [3.8, 4) is 0 Å². The number of rotatable bonds is 7. The summed E-state index contributed by atoms with van der Waals surface area (Å²) in [5.41, 5.74) is -0.366. The number of halogens is 1. The first-order valence-corrected chi connectivity index (χ1v) is 11.0. The Balaban J connectivity index is 1.58.